The van der Waals surface area contributed by atoms with Crippen molar-refractivity contribution in [1.82, 2.24) is 9.88 Å². The highest BCUT2D eigenvalue weighted by Gasteiger charge is 2.29. The first-order chi connectivity index (χ1) is 13.9. The Labute approximate surface area is 174 Å². The molecule has 6 nitrogen and oxygen atoms in total. The van der Waals surface area contributed by atoms with Crippen molar-refractivity contribution in [3.8, 4) is 0 Å². The number of carboxylic acid groups (broad SMARTS) is 1. The monoisotopic (exact) mass is 413 g/mol. The maximum absolute atomic E-state index is 11.7. The maximum atomic E-state index is 11.7. The SMILES string of the molecule is CC1CN(C(O)Cc2c(C(=O)O)[nH]c3ccc(Cl)cc23)CCN1c1ccccc1. The van der Waals surface area contributed by atoms with Crippen LogP contribution in [0, 0.1) is 0 Å². The van der Waals surface area contributed by atoms with Gasteiger partial charge in [-0.05, 0) is 42.8 Å². The van der Waals surface area contributed by atoms with Crippen LogP contribution < -0.4 is 4.90 Å². The van der Waals surface area contributed by atoms with Gasteiger partial charge in [0.25, 0.3) is 0 Å². The number of anilines is 1. The smallest absolute Gasteiger partial charge is 0.352 e. The molecular formula is C22H24ClN3O3. The van der Waals surface area contributed by atoms with Gasteiger partial charge >= 0.3 is 5.97 Å². The van der Waals surface area contributed by atoms with Crippen LogP contribution in [-0.4, -0.2) is 58.0 Å². The van der Waals surface area contributed by atoms with Crippen LogP contribution in [0.25, 0.3) is 10.9 Å². The van der Waals surface area contributed by atoms with E-state index >= 15 is 0 Å². The minimum absolute atomic E-state index is 0.109. The fraction of sp³-hybridized carbons (Fsp3) is 0.318. The van der Waals surface area contributed by atoms with Crippen LogP contribution in [0.3, 0.4) is 0 Å². The number of aromatic carboxylic acids is 1. The quantitative estimate of drug-likeness (QED) is 0.595. The number of hydrogen-bond acceptors (Lipinski definition) is 4. The van der Waals surface area contributed by atoms with Crippen molar-refractivity contribution in [1.29, 1.82) is 0 Å². The van der Waals surface area contributed by atoms with Gasteiger partial charge < -0.3 is 20.1 Å². The summed E-state index contributed by atoms with van der Waals surface area (Å²) < 4.78 is 0. The molecule has 3 N–H and O–H groups in total. The van der Waals surface area contributed by atoms with E-state index in [1.165, 1.54) is 5.69 Å². The Morgan fingerprint density at radius 1 is 1.24 bits per heavy atom. The third kappa shape index (κ3) is 3.96. The molecule has 0 saturated carbocycles. The lowest BCUT2D eigenvalue weighted by Gasteiger charge is -2.43. The summed E-state index contributed by atoms with van der Waals surface area (Å²) in [6, 6.07) is 15.7. The number of aromatic nitrogens is 1. The molecule has 0 amide bonds. The van der Waals surface area contributed by atoms with Gasteiger partial charge in [-0.15, -0.1) is 0 Å². The number of hydrogen-bond donors (Lipinski definition) is 3. The summed E-state index contributed by atoms with van der Waals surface area (Å²) in [6.45, 7) is 4.33. The van der Waals surface area contributed by atoms with Crippen molar-refractivity contribution >= 4 is 34.2 Å². The van der Waals surface area contributed by atoms with Gasteiger partial charge in [0.2, 0.25) is 0 Å². The Kier molecular flexibility index (Phi) is 5.50. The zero-order chi connectivity index (χ0) is 20.5. The number of carboxylic acids is 1. The lowest BCUT2D eigenvalue weighted by atomic mass is 10.0. The van der Waals surface area contributed by atoms with Crippen molar-refractivity contribution in [3.63, 3.8) is 0 Å². The molecule has 2 aromatic carbocycles. The molecule has 2 heterocycles. The topological polar surface area (TPSA) is 79.8 Å². The lowest BCUT2D eigenvalue weighted by Crippen LogP contribution is -2.55. The number of carbonyl (C=O) groups is 1. The number of nitrogens with zero attached hydrogens (tertiary/aromatic N) is 2. The second kappa shape index (κ2) is 8.06. The van der Waals surface area contributed by atoms with Crippen LogP contribution in [0.15, 0.2) is 48.5 Å². The fourth-order valence-corrected chi connectivity index (χ4v) is 4.36. The number of H-pyrrole nitrogens is 1. The van der Waals surface area contributed by atoms with E-state index < -0.39 is 12.2 Å². The number of rotatable bonds is 5. The molecule has 0 radical (unpaired) electrons. The molecule has 2 atom stereocenters. The van der Waals surface area contributed by atoms with Crippen molar-refractivity contribution in [2.24, 2.45) is 0 Å². The molecule has 7 heteroatoms. The van der Waals surface area contributed by atoms with Crippen LogP contribution >= 0.6 is 11.6 Å². The normalized spacial score (nSPS) is 18.9. The van der Waals surface area contributed by atoms with Crippen molar-refractivity contribution < 1.29 is 15.0 Å². The number of halogens is 1. The molecule has 3 aromatic rings. The number of aliphatic hydroxyl groups is 1. The van der Waals surface area contributed by atoms with E-state index in [1.807, 2.05) is 23.1 Å². The van der Waals surface area contributed by atoms with Gasteiger partial charge in [0.05, 0.1) is 0 Å². The molecule has 1 saturated heterocycles. The number of benzene rings is 2. The molecule has 1 fully saturated rings. The van der Waals surface area contributed by atoms with E-state index in [0.717, 1.165) is 11.9 Å². The van der Waals surface area contributed by atoms with Crippen LogP contribution in [0.5, 0.6) is 0 Å². The molecular weight excluding hydrogens is 390 g/mol. The summed E-state index contributed by atoms with van der Waals surface area (Å²) in [7, 11) is 0. The van der Waals surface area contributed by atoms with E-state index in [2.05, 4.69) is 28.9 Å². The van der Waals surface area contributed by atoms with Gasteiger partial charge in [0.15, 0.2) is 0 Å². The molecule has 0 aliphatic carbocycles. The van der Waals surface area contributed by atoms with E-state index in [1.54, 1.807) is 18.2 Å². The van der Waals surface area contributed by atoms with Crippen LogP contribution in [0.1, 0.15) is 23.0 Å². The Balaban J connectivity index is 1.53. The van der Waals surface area contributed by atoms with Gasteiger partial charge in [-0.2, -0.15) is 0 Å². The van der Waals surface area contributed by atoms with E-state index in [4.69, 9.17) is 11.6 Å². The Hall–Kier alpha value is -2.54. The average molecular weight is 414 g/mol. The number of aromatic amines is 1. The molecule has 152 valence electrons. The standard InChI is InChI=1S/C22H24ClN3O3/c1-14-13-25(9-10-26(14)16-5-3-2-4-6-16)20(27)12-18-17-11-15(23)7-8-19(17)24-21(18)22(28)29/h2-8,11,14,20,24,27H,9-10,12-13H2,1H3,(H,28,29). The summed E-state index contributed by atoms with van der Waals surface area (Å²) in [6.07, 6.45) is -0.550. The van der Waals surface area contributed by atoms with Gasteiger partial charge in [0, 0.05) is 53.7 Å². The van der Waals surface area contributed by atoms with Crippen molar-refractivity contribution in [2.75, 3.05) is 24.5 Å². The summed E-state index contributed by atoms with van der Waals surface area (Å²) in [5.74, 6) is -1.04. The van der Waals surface area contributed by atoms with Gasteiger partial charge in [-0.3, -0.25) is 4.90 Å². The minimum atomic E-state index is -1.04. The summed E-state index contributed by atoms with van der Waals surface area (Å²) >= 11 is 6.12. The number of piperazine rings is 1. The summed E-state index contributed by atoms with van der Waals surface area (Å²) in [5.41, 5.74) is 2.57. The van der Waals surface area contributed by atoms with Crippen LogP contribution in [0.2, 0.25) is 5.02 Å². The molecule has 1 aliphatic heterocycles. The second-order valence-electron chi connectivity index (χ2n) is 7.53. The fourth-order valence-electron chi connectivity index (χ4n) is 4.19. The first kappa shape index (κ1) is 19.8. The zero-order valence-electron chi connectivity index (χ0n) is 16.2. The van der Waals surface area contributed by atoms with Crippen molar-refractivity contribution in [3.05, 3.63) is 64.8 Å². The minimum Gasteiger partial charge on any atom is -0.477 e. The summed E-state index contributed by atoms with van der Waals surface area (Å²) in [5, 5.41) is 21.8. The predicted octanol–water partition coefficient (Wildman–Crippen LogP) is 3.59. The highest BCUT2D eigenvalue weighted by molar-refractivity contribution is 6.31. The van der Waals surface area contributed by atoms with Gasteiger partial charge in [-0.25, -0.2) is 4.79 Å². The van der Waals surface area contributed by atoms with Crippen LogP contribution in [-0.2, 0) is 6.42 Å². The first-order valence-corrected chi connectivity index (χ1v) is 10.1. The van der Waals surface area contributed by atoms with Crippen LogP contribution in [0.4, 0.5) is 5.69 Å². The van der Waals surface area contributed by atoms with Gasteiger partial charge in [-0.1, -0.05) is 29.8 Å². The number of nitrogens with one attached hydrogen (secondary N) is 1. The molecule has 1 aliphatic rings. The Bertz CT molecular complexity index is 1020. The van der Waals surface area contributed by atoms with E-state index in [0.29, 0.717) is 29.2 Å². The molecule has 2 unspecified atom stereocenters. The molecule has 29 heavy (non-hydrogen) atoms. The third-order valence-corrected chi connectivity index (χ3v) is 5.87. The number of fused-ring (bicyclic) bond motifs is 1. The zero-order valence-corrected chi connectivity index (χ0v) is 16.9. The summed E-state index contributed by atoms with van der Waals surface area (Å²) in [4.78, 5) is 19.0. The largest absolute Gasteiger partial charge is 0.477 e. The van der Waals surface area contributed by atoms with Crippen molar-refractivity contribution in [2.45, 2.75) is 25.6 Å². The lowest BCUT2D eigenvalue weighted by molar-refractivity contribution is -0.00576. The number of aliphatic hydroxyl groups excluding tert-OH is 1. The highest BCUT2D eigenvalue weighted by Crippen LogP contribution is 2.28. The third-order valence-electron chi connectivity index (χ3n) is 5.64. The average Bonchev–Trinajstić information content (AvgIpc) is 3.06. The number of para-hydroxylation sites is 1. The maximum Gasteiger partial charge on any atom is 0.352 e. The van der Waals surface area contributed by atoms with Gasteiger partial charge in [0.1, 0.15) is 11.9 Å². The molecule has 4 rings (SSSR count). The Morgan fingerprint density at radius 3 is 2.69 bits per heavy atom. The predicted molar refractivity (Wildman–Crippen MR) is 115 cm³/mol. The second-order valence-corrected chi connectivity index (χ2v) is 7.97. The van der Waals surface area contributed by atoms with E-state index in [-0.39, 0.29) is 18.2 Å². The molecule has 1 aromatic heterocycles. The van der Waals surface area contributed by atoms with E-state index in [9.17, 15) is 15.0 Å². The highest BCUT2D eigenvalue weighted by atomic mass is 35.5. The molecule has 0 spiro atoms. The first-order valence-electron chi connectivity index (χ1n) is 9.71. The Morgan fingerprint density at radius 2 is 2.00 bits per heavy atom. The molecule has 0 bridgehead atoms.